The zero-order chi connectivity index (χ0) is 21.1. The first kappa shape index (κ1) is 20.9. The largest absolute Gasteiger partial charge is 0.335 e. The van der Waals surface area contributed by atoms with E-state index in [-0.39, 0.29) is 23.5 Å². The quantitative estimate of drug-likeness (QED) is 0.760. The molecule has 2 N–H and O–H groups in total. The van der Waals surface area contributed by atoms with E-state index in [9.17, 15) is 13.2 Å². The molecule has 0 radical (unpaired) electrons. The number of hydrogen-bond donors (Lipinski definition) is 2. The number of nitrogens with one attached hydrogen (secondary N) is 2. The number of urea groups is 1. The summed E-state index contributed by atoms with van der Waals surface area (Å²) in [4.78, 5) is 14.7. The van der Waals surface area contributed by atoms with Crippen LogP contribution in [0.1, 0.15) is 48.8 Å². The fourth-order valence-corrected chi connectivity index (χ4v) is 5.41. The topological polar surface area (TPSA) is 78.5 Å². The van der Waals surface area contributed by atoms with E-state index in [2.05, 4.69) is 10.0 Å². The van der Waals surface area contributed by atoms with Crippen LogP contribution in [-0.2, 0) is 23.0 Å². The van der Waals surface area contributed by atoms with Gasteiger partial charge in [-0.25, -0.2) is 17.9 Å². The predicted molar refractivity (Wildman–Crippen MR) is 118 cm³/mol. The molecule has 1 aliphatic heterocycles. The number of sulfonamides is 1. The first-order valence-electron chi connectivity index (χ1n) is 10.7. The molecule has 2 amide bonds. The number of carbonyl (C=O) groups is 1. The maximum absolute atomic E-state index is 12.8. The van der Waals surface area contributed by atoms with Gasteiger partial charge in [-0.05, 0) is 55.5 Å². The number of aryl methyl sites for hydroxylation is 1. The van der Waals surface area contributed by atoms with Crippen molar-refractivity contribution < 1.29 is 13.2 Å². The van der Waals surface area contributed by atoms with Gasteiger partial charge in [-0.2, -0.15) is 0 Å². The average molecular weight is 428 g/mol. The van der Waals surface area contributed by atoms with Crippen molar-refractivity contribution in [3.8, 4) is 0 Å². The molecule has 0 unspecified atom stereocenters. The molecule has 6 nitrogen and oxygen atoms in total. The third kappa shape index (κ3) is 4.68. The van der Waals surface area contributed by atoms with E-state index in [1.165, 1.54) is 6.42 Å². The Balaban J connectivity index is 1.44. The number of nitrogens with zero attached hydrogens (tertiary/aromatic N) is 1. The minimum absolute atomic E-state index is 0.0752. The van der Waals surface area contributed by atoms with Crippen molar-refractivity contribution in [1.29, 1.82) is 0 Å². The van der Waals surface area contributed by atoms with Gasteiger partial charge in [0.1, 0.15) is 0 Å². The molecule has 0 aromatic heterocycles. The van der Waals surface area contributed by atoms with Crippen molar-refractivity contribution in [3.63, 3.8) is 0 Å². The Kier molecular flexibility index (Phi) is 6.11. The number of hydrogen-bond acceptors (Lipinski definition) is 3. The number of rotatable bonds is 5. The van der Waals surface area contributed by atoms with Gasteiger partial charge < -0.3 is 5.32 Å². The van der Waals surface area contributed by atoms with E-state index in [0.29, 0.717) is 13.0 Å². The summed E-state index contributed by atoms with van der Waals surface area (Å²) in [7, 11) is -3.62. The van der Waals surface area contributed by atoms with Gasteiger partial charge in [0.25, 0.3) is 0 Å². The standard InChI is InChI=1S/C23H29N3O3S/c1-17-6-5-7-18(14-17)16-24-30(28,29)21-10-11-22-19(15-21)12-13-26(22)23(27)25-20-8-3-2-4-9-20/h5-7,10-11,14-15,20,24H,2-4,8-9,12-13,16H2,1H3,(H,25,27). The lowest BCUT2D eigenvalue weighted by atomic mass is 9.96. The summed E-state index contributed by atoms with van der Waals surface area (Å²) in [6.07, 6.45) is 6.31. The summed E-state index contributed by atoms with van der Waals surface area (Å²) in [5.74, 6) is 0. The molecule has 7 heteroatoms. The van der Waals surface area contributed by atoms with Gasteiger partial charge in [-0.3, -0.25) is 4.90 Å². The summed E-state index contributed by atoms with van der Waals surface area (Å²) in [6.45, 7) is 2.81. The molecule has 2 aliphatic rings. The van der Waals surface area contributed by atoms with Crippen LogP contribution in [0, 0.1) is 6.92 Å². The Hall–Kier alpha value is -2.38. The molecule has 0 spiro atoms. The van der Waals surface area contributed by atoms with Crippen LogP contribution in [0.25, 0.3) is 0 Å². The molecule has 0 bridgehead atoms. The van der Waals surface area contributed by atoms with Gasteiger partial charge >= 0.3 is 6.03 Å². The van der Waals surface area contributed by atoms with E-state index in [1.54, 1.807) is 23.1 Å². The van der Waals surface area contributed by atoms with Gasteiger partial charge in [0.2, 0.25) is 10.0 Å². The van der Waals surface area contributed by atoms with Crippen molar-refractivity contribution in [2.75, 3.05) is 11.4 Å². The van der Waals surface area contributed by atoms with Gasteiger partial charge in [-0.15, -0.1) is 0 Å². The SMILES string of the molecule is Cc1cccc(CNS(=O)(=O)c2ccc3c(c2)CCN3C(=O)NC2CCCCC2)c1. The van der Waals surface area contributed by atoms with E-state index in [4.69, 9.17) is 0 Å². The first-order chi connectivity index (χ1) is 14.4. The van der Waals surface area contributed by atoms with Crippen LogP contribution < -0.4 is 14.9 Å². The molecular formula is C23H29N3O3S. The fraction of sp³-hybridized carbons (Fsp3) is 0.435. The van der Waals surface area contributed by atoms with Crippen LogP contribution in [0.15, 0.2) is 47.4 Å². The number of anilines is 1. The molecule has 30 heavy (non-hydrogen) atoms. The fourth-order valence-electron chi connectivity index (χ4n) is 4.34. The molecule has 2 aromatic carbocycles. The monoisotopic (exact) mass is 427 g/mol. The number of carbonyl (C=O) groups excluding carboxylic acids is 1. The third-order valence-electron chi connectivity index (χ3n) is 5.98. The smallest absolute Gasteiger partial charge is 0.322 e. The highest BCUT2D eigenvalue weighted by atomic mass is 32.2. The highest BCUT2D eigenvalue weighted by molar-refractivity contribution is 7.89. The van der Waals surface area contributed by atoms with Crippen molar-refractivity contribution >= 4 is 21.7 Å². The lowest BCUT2D eigenvalue weighted by Gasteiger charge is -2.26. The van der Waals surface area contributed by atoms with Crippen molar-refractivity contribution in [2.45, 2.75) is 62.9 Å². The molecule has 1 fully saturated rings. The lowest BCUT2D eigenvalue weighted by Crippen LogP contribution is -2.45. The summed E-state index contributed by atoms with van der Waals surface area (Å²) in [5.41, 5.74) is 3.72. The Bertz CT molecular complexity index is 1030. The predicted octanol–water partition coefficient (Wildman–Crippen LogP) is 3.88. The van der Waals surface area contributed by atoms with Gasteiger partial charge in [0.05, 0.1) is 4.90 Å². The molecule has 2 aromatic rings. The minimum Gasteiger partial charge on any atom is -0.335 e. The number of fused-ring (bicyclic) bond motifs is 1. The molecule has 0 atom stereocenters. The van der Waals surface area contributed by atoms with Crippen LogP contribution in [0.4, 0.5) is 10.5 Å². The second-order valence-electron chi connectivity index (χ2n) is 8.29. The highest BCUT2D eigenvalue weighted by Crippen LogP contribution is 2.30. The van der Waals surface area contributed by atoms with Crippen molar-refractivity contribution in [2.24, 2.45) is 0 Å². The van der Waals surface area contributed by atoms with Crippen LogP contribution in [-0.4, -0.2) is 27.0 Å². The third-order valence-corrected chi connectivity index (χ3v) is 7.38. The summed E-state index contributed by atoms with van der Waals surface area (Å²) >= 11 is 0. The van der Waals surface area contributed by atoms with Crippen molar-refractivity contribution in [3.05, 3.63) is 59.2 Å². The molecule has 1 saturated carbocycles. The highest BCUT2D eigenvalue weighted by Gasteiger charge is 2.28. The lowest BCUT2D eigenvalue weighted by molar-refractivity contribution is 0.238. The van der Waals surface area contributed by atoms with Gasteiger partial charge in [0.15, 0.2) is 0 Å². The molecular weight excluding hydrogens is 398 g/mol. The van der Waals surface area contributed by atoms with Crippen LogP contribution >= 0.6 is 0 Å². The van der Waals surface area contributed by atoms with Crippen molar-refractivity contribution in [1.82, 2.24) is 10.0 Å². The average Bonchev–Trinajstić information content (AvgIpc) is 3.17. The Morgan fingerprint density at radius 3 is 2.67 bits per heavy atom. The van der Waals surface area contributed by atoms with Gasteiger partial charge in [-0.1, -0.05) is 49.1 Å². The van der Waals surface area contributed by atoms with Crippen LogP contribution in [0.2, 0.25) is 0 Å². The summed E-state index contributed by atoms with van der Waals surface area (Å²) in [6, 6.07) is 13.0. The maximum atomic E-state index is 12.8. The molecule has 1 aliphatic carbocycles. The van der Waals surface area contributed by atoms with E-state index >= 15 is 0 Å². The molecule has 160 valence electrons. The zero-order valence-electron chi connectivity index (χ0n) is 17.4. The second-order valence-corrected chi connectivity index (χ2v) is 10.1. The van der Waals surface area contributed by atoms with E-state index in [1.807, 2.05) is 31.2 Å². The van der Waals surface area contributed by atoms with Gasteiger partial charge in [0, 0.05) is 24.8 Å². The zero-order valence-corrected chi connectivity index (χ0v) is 18.2. The Morgan fingerprint density at radius 2 is 1.90 bits per heavy atom. The number of benzene rings is 2. The molecule has 0 saturated heterocycles. The Labute approximate surface area is 178 Å². The first-order valence-corrected chi connectivity index (χ1v) is 12.2. The second kappa shape index (κ2) is 8.78. The minimum atomic E-state index is -3.62. The molecule has 1 heterocycles. The summed E-state index contributed by atoms with van der Waals surface area (Å²) < 4.78 is 28.2. The van der Waals surface area contributed by atoms with E-state index < -0.39 is 10.0 Å². The maximum Gasteiger partial charge on any atom is 0.322 e. The van der Waals surface area contributed by atoms with Crippen LogP contribution in [0.5, 0.6) is 0 Å². The summed E-state index contributed by atoms with van der Waals surface area (Å²) in [5, 5.41) is 3.15. The number of amides is 2. The van der Waals surface area contributed by atoms with Crippen LogP contribution in [0.3, 0.4) is 0 Å². The van der Waals surface area contributed by atoms with E-state index in [0.717, 1.165) is 48.1 Å². The Morgan fingerprint density at radius 1 is 1.10 bits per heavy atom. The normalized spacial score (nSPS) is 17.0. The molecule has 4 rings (SSSR count).